The summed E-state index contributed by atoms with van der Waals surface area (Å²) in [4.78, 5) is 13.6. The number of rotatable bonds is 4. The number of sulfonamides is 1. The highest BCUT2D eigenvalue weighted by Gasteiger charge is 2.33. The molecular formula is C20H19NO3S2. The molecule has 0 radical (unpaired) electrons. The first-order valence-corrected chi connectivity index (χ1v) is 10.4. The van der Waals surface area contributed by atoms with Crippen LogP contribution in [0.15, 0.2) is 64.9 Å². The van der Waals surface area contributed by atoms with E-state index in [9.17, 15) is 13.2 Å². The molecule has 0 fully saturated rings. The Kier molecular flexibility index (Phi) is 4.98. The predicted molar refractivity (Wildman–Crippen MR) is 105 cm³/mol. The molecule has 0 aliphatic rings. The molecule has 134 valence electrons. The maximum Gasteiger partial charge on any atom is 0.282 e. The van der Waals surface area contributed by atoms with E-state index in [1.54, 1.807) is 41.8 Å². The molecule has 26 heavy (non-hydrogen) atoms. The zero-order valence-electron chi connectivity index (χ0n) is 14.8. The van der Waals surface area contributed by atoms with Gasteiger partial charge in [0.05, 0.1) is 15.5 Å². The van der Waals surface area contributed by atoms with Crippen molar-refractivity contribution in [3.63, 3.8) is 0 Å². The zero-order valence-corrected chi connectivity index (χ0v) is 16.4. The van der Waals surface area contributed by atoms with Crippen molar-refractivity contribution in [3.8, 4) is 0 Å². The van der Waals surface area contributed by atoms with Gasteiger partial charge in [-0.3, -0.25) is 4.79 Å². The van der Waals surface area contributed by atoms with Crippen LogP contribution < -0.4 is 4.31 Å². The molecular weight excluding hydrogens is 366 g/mol. The van der Waals surface area contributed by atoms with Crippen molar-refractivity contribution in [1.29, 1.82) is 0 Å². The van der Waals surface area contributed by atoms with Crippen LogP contribution in [0.3, 0.4) is 0 Å². The van der Waals surface area contributed by atoms with E-state index in [2.05, 4.69) is 0 Å². The van der Waals surface area contributed by atoms with Crippen LogP contribution >= 0.6 is 11.3 Å². The maximum absolute atomic E-state index is 13.4. The van der Waals surface area contributed by atoms with Gasteiger partial charge in [-0.25, -0.2) is 8.42 Å². The fraction of sp³-hybridized carbons (Fsp3) is 0.150. The van der Waals surface area contributed by atoms with Gasteiger partial charge >= 0.3 is 0 Å². The molecule has 0 saturated heterocycles. The first-order chi connectivity index (χ1) is 12.3. The van der Waals surface area contributed by atoms with E-state index >= 15 is 0 Å². The number of hydrogen-bond acceptors (Lipinski definition) is 4. The summed E-state index contributed by atoms with van der Waals surface area (Å²) in [6.07, 6.45) is 0. The van der Waals surface area contributed by atoms with Crippen molar-refractivity contribution in [3.05, 3.63) is 81.5 Å². The lowest BCUT2D eigenvalue weighted by Gasteiger charge is -2.24. The molecule has 0 aliphatic carbocycles. The molecule has 0 N–H and O–H groups in total. The van der Waals surface area contributed by atoms with Gasteiger partial charge in [-0.2, -0.15) is 4.31 Å². The average Bonchev–Trinajstić information content (AvgIpc) is 3.13. The third-order valence-corrected chi connectivity index (χ3v) is 6.84. The maximum atomic E-state index is 13.4. The van der Waals surface area contributed by atoms with Crippen molar-refractivity contribution < 1.29 is 13.2 Å². The van der Waals surface area contributed by atoms with Crippen LogP contribution in [0.25, 0.3) is 0 Å². The van der Waals surface area contributed by atoms with Crippen LogP contribution in [0.5, 0.6) is 0 Å². The van der Waals surface area contributed by atoms with Crippen LogP contribution in [0.1, 0.15) is 26.4 Å². The smallest absolute Gasteiger partial charge is 0.267 e. The lowest BCUT2D eigenvalue weighted by atomic mass is 10.1. The summed E-state index contributed by atoms with van der Waals surface area (Å²) in [5.74, 6) is -0.547. The van der Waals surface area contributed by atoms with Crippen molar-refractivity contribution in [2.24, 2.45) is 0 Å². The Morgan fingerprint density at radius 2 is 1.62 bits per heavy atom. The summed E-state index contributed by atoms with van der Waals surface area (Å²) >= 11 is 1.22. The number of hydrogen-bond donors (Lipinski definition) is 0. The molecule has 1 heterocycles. The van der Waals surface area contributed by atoms with E-state index in [0.29, 0.717) is 10.6 Å². The van der Waals surface area contributed by atoms with Crippen LogP contribution in [0.4, 0.5) is 5.69 Å². The third kappa shape index (κ3) is 3.30. The molecule has 3 aromatic rings. The zero-order chi connectivity index (χ0) is 18.9. The first kappa shape index (κ1) is 18.4. The number of carbonyl (C=O) groups is 1. The van der Waals surface area contributed by atoms with Gasteiger partial charge in [0.2, 0.25) is 0 Å². The van der Waals surface area contributed by atoms with Gasteiger partial charge in [0.15, 0.2) is 0 Å². The molecule has 3 rings (SSSR count). The van der Waals surface area contributed by atoms with Gasteiger partial charge in [-0.1, -0.05) is 35.9 Å². The minimum Gasteiger partial charge on any atom is -0.267 e. The molecule has 0 saturated carbocycles. The summed E-state index contributed by atoms with van der Waals surface area (Å²) in [6, 6.07) is 15.2. The average molecular weight is 386 g/mol. The number of carbonyl (C=O) groups excluding carboxylic acids is 1. The Hall–Kier alpha value is -2.44. The lowest BCUT2D eigenvalue weighted by Crippen LogP contribution is -2.37. The Morgan fingerprint density at radius 3 is 2.23 bits per heavy atom. The lowest BCUT2D eigenvalue weighted by molar-refractivity contribution is 0.101. The van der Waals surface area contributed by atoms with Crippen LogP contribution in [-0.2, 0) is 10.0 Å². The second kappa shape index (κ2) is 7.05. The van der Waals surface area contributed by atoms with Crippen molar-refractivity contribution in [2.75, 3.05) is 4.31 Å². The summed E-state index contributed by atoms with van der Waals surface area (Å²) in [5.41, 5.74) is 3.01. The molecule has 1 aromatic heterocycles. The van der Waals surface area contributed by atoms with Crippen molar-refractivity contribution in [1.82, 2.24) is 0 Å². The second-order valence-corrected chi connectivity index (χ2v) is 8.82. The molecule has 6 heteroatoms. The van der Waals surface area contributed by atoms with Gasteiger partial charge in [-0.05, 0) is 61.5 Å². The second-order valence-electron chi connectivity index (χ2n) is 6.08. The van der Waals surface area contributed by atoms with E-state index in [-0.39, 0.29) is 4.90 Å². The Labute approximate surface area is 157 Å². The highest BCUT2D eigenvalue weighted by molar-refractivity contribution is 7.93. The number of amides is 1. The largest absolute Gasteiger partial charge is 0.282 e. The molecule has 0 atom stereocenters. The molecule has 2 aromatic carbocycles. The quantitative estimate of drug-likeness (QED) is 0.654. The predicted octanol–water partition coefficient (Wildman–Crippen LogP) is 4.71. The number of nitrogens with zero attached hydrogens (tertiary/aromatic N) is 1. The van der Waals surface area contributed by atoms with Gasteiger partial charge in [0.25, 0.3) is 15.9 Å². The van der Waals surface area contributed by atoms with Gasteiger partial charge in [0, 0.05) is 0 Å². The van der Waals surface area contributed by atoms with Gasteiger partial charge < -0.3 is 0 Å². The van der Waals surface area contributed by atoms with E-state index in [0.717, 1.165) is 21.0 Å². The summed E-state index contributed by atoms with van der Waals surface area (Å²) in [5, 5.41) is 1.76. The summed E-state index contributed by atoms with van der Waals surface area (Å²) in [7, 11) is -4.04. The van der Waals surface area contributed by atoms with Crippen molar-refractivity contribution >= 4 is 33.0 Å². The SMILES string of the molecule is Cc1ccc(S(=O)(=O)N(C(=O)c2cccs2)c2cccc(C)c2C)cc1. The molecule has 4 nitrogen and oxygen atoms in total. The third-order valence-electron chi connectivity index (χ3n) is 4.27. The number of anilines is 1. The topological polar surface area (TPSA) is 54.5 Å². The van der Waals surface area contributed by atoms with E-state index in [4.69, 9.17) is 0 Å². The molecule has 0 aliphatic heterocycles. The highest BCUT2D eigenvalue weighted by atomic mass is 32.2. The van der Waals surface area contributed by atoms with E-state index in [1.165, 1.54) is 23.5 Å². The molecule has 0 unspecified atom stereocenters. The number of aryl methyl sites for hydroxylation is 2. The molecule has 0 bridgehead atoms. The summed E-state index contributed by atoms with van der Waals surface area (Å²) < 4.78 is 27.6. The monoisotopic (exact) mass is 385 g/mol. The van der Waals surface area contributed by atoms with E-state index < -0.39 is 15.9 Å². The van der Waals surface area contributed by atoms with Crippen LogP contribution in [0.2, 0.25) is 0 Å². The minimum atomic E-state index is -4.04. The fourth-order valence-electron chi connectivity index (χ4n) is 2.62. The number of benzene rings is 2. The molecule has 1 amide bonds. The minimum absolute atomic E-state index is 0.0916. The Bertz CT molecular complexity index is 1040. The first-order valence-electron chi connectivity index (χ1n) is 8.08. The number of thiophene rings is 1. The fourth-order valence-corrected chi connectivity index (χ4v) is 4.79. The van der Waals surface area contributed by atoms with Gasteiger partial charge in [-0.15, -0.1) is 11.3 Å². The summed E-state index contributed by atoms with van der Waals surface area (Å²) in [6.45, 7) is 5.60. The highest BCUT2D eigenvalue weighted by Crippen LogP contribution is 2.31. The Morgan fingerprint density at radius 1 is 0.923 bits per heavy atom. The standard InChI is InChI=1S/C20H19NO3S2/c1-14-9-11-17(12-10-14)26(23,24)21(20(22)19-8-5-13-25-19)18-7-4-6-15(2)16(18)3/h4-13H,1-3H3. The van der Waals surface area contributed by atoms with Crippen molar-refractivity contribution in [2.45, 2.75) is 25.7 Å². The normalized spacial score (nSPS) is 11.3. The van der Waals surface area contributed by atoms with Crippen LogP contribution in [0, 0.1) is 20.8 Å². The van der Waals surface area contributed by atoms with Gasteiger partial charge in [0.1, 0.15) is 0 Å². The molecule has 0 spiro atoms. The Balaban J connectivity index is 2.22. The van der Waals surface area contributed by atoms with E-state index in [1.807, 2.05) is 26.8 Å². The van der Waals surface area contributed by atoms with Crippen LogP contribution in [-0.4, -0.2) is 14.3 Å².